The third-order valence-corrected chi connectivity index (χ3v) is 3.12. The summed E-state index contributed by atoms with van der Waals surface area (Å²) < 4.78 is 30.8. The molecule has 0 atom stereocenters. The van der Waals surface area contributed by atoms with Gasteiger partial charge in [0.1, 0.15) is 4.60 Å². The van der Waals surface area contributed by atoms with Crippen LogP contribution in [0.3, 0.4) is 0 Å². The van der Waals surface area contributed by atoms with Gasteiger partial charge in [0.25, 0.3) is 0 Å². The second-order valence-electron chi connectivity index (χ2n) is 3.67. The van der Waals surface area contributed by atoms with E-state index < -0.39 is 10.0 Å². The average Bonchev–Trinajstić information content (AvgIpc) is 2.92. The van der Waals surface area contributed by atoms with Crippen molar-refractivity contribution in [3.05, 3.63) is 16.9 Å². The number of nitrogens with one attached hydrogen (secondary N) is 1. The van der Waals surface area contributed by atoms with Crippen LogP contribution in [0, 0.1) is 0 Å². The molecule has 1 aliphatic carbocycles. The number of rotatable bonds is 4. The highest BCUT2D eigenvalue weighted by Gasteiger charge is 2.26. The lowest BCUT2D eigenvalue weighted by Crippen LogP contribution is -2.12. The maximum absolute atomic E-state index is 11.2. The Morgan fingerprint density at radius 3 is 2.81 bits per heavy atom. The second-order valence-corrected chi connectivity index (χ2v) is 6.17. The topological polar surface area (TPSA) is 68.3 Å². The van der Waals surface area contributed by atoms with Crippen LogP contribution in [0.4, 0.5) is 5.69 Å². The van der Waals surface area contributed by atoms with E-state index in [4.69, 9.17) is 4.74 Å². The Hall–Kier alpha value is -0.820. The molecule has 0 bridgehead atoms. The summed E-state index contributed by atoms with van der Waals surface area (Å²) in [4.78, 5) is 4.01. The van der Waals surface area contributed by atoms with Gasteiger partial charge in [-0.1, -0.05) is 0 Å². The molecule has 1 N–H and O–H groups in total. The highest BCUT2D eigenvalue weighted by atomic mass is 79.9. The Bertz CT molecular complexity index is 499. The van der Waals surface area contributed by atoms with Crippen molar-refractivity contribution >= 4 is 31.6 Å². The molecular formula is C9H11BrN2O3S. The lowest BCUT2D eigenvalue weighted by molar-refractivity contribution is 0.301. The summed E-state index contributed by atoms with van der Waals surface area (Å²) in [5.74, 6) is 0.454. The fourth-order valence-electron chi connectivity index (χ4n) is 1.17. The smallest absolute Gasteiger partial charge is 0.229 e. The van der Waals surface area contributed by atoms with Gasteiger partial charge < -0.3 is 4.74 Å². The minimum atomic E-state index is -3.31. The van der Waals surface area contributed by atoms with Crippen LogP contribution in [-0.4, -0.2) is 25.8 Å². The standard InChI is InChI=1S/C9H11BrN2O3S/c1-16(13,14)12-7-4-5-11-9(10)8(7)15-6-2-3-6/h4-6H,2-3H2,1H3,(H,11,12). The Labute approximate surface area is 102 Å². The molecule has 0 amide bonds. The molecule has 0 aliphatic heterocycles. The number of anilines is 1. The van der Waals surface area contributed by atoms with Crippen LogP contribution in [0.15, 0.2) is 16.9 Å². The molecule has 7 heteroatoms. The lowest BCUT2D eigenvalue weighted by atomic mass is 10.4. The van der Waals surface area contributed by atoms with Crippen molar-refractivity contribution < 1.29 is 13.2 Å². The first-order chi connectivity index (χ1) is 7.46. The zero-order chi connectivity index (χ0) is 11.8. The number of hydrogen-bond donors (Lipinski definition) is 1. The van der Waals surface area contributed by atoms with Gasteiger partial charge in [0.05, 0.1) is 18.0 Å². The van der Waals surface area contributed by atoms with Crippen molar-refractivity contribution in [1.82, 2.24) is 4.98 Å². The molecule has 0 unspecified atom stereocenters. The molecule has 0 aromatic carbocycles. The summed E-state index contributed by atoms with van der Waals surface area (Å²) in [5, 5.41) is 0. The number of nitrogens with zero attached hydrogens (tertiary/aromatic N) is 1. The van der Waals surface area contributed by atoms with Crippen molar-refractivity contribution in [3.8, 4) is 5.75 Å². The van der Waals surface area contributed by atoms with Gasteiger partial charge in [-0.25, -0.2) is 13.4 Å². The fourth-order valence-corrected chi connectivity index (χ4v) is 2.15. The molecule has 0 radical (unpaired) electrons. The summed E-state index contributed by atoms with van der Waals surface area (Å²) in [7, 11) is -3.31. The number of ether oxygens (including phenoxy) is 1. The largest absolute Gasteiger partial charge is 0.485 e. The van der Waals surface area contributed by atoms with E-state index in [2.05, 4.69) is 25.6 Å². The third-order valence-electron chi connectivity index (χ3n) is 1.97. The van der Waals surface area contributed by atoms with Crippen LogP contribution in [0.1, 0.15) is 12.8 Å². The Kier molecular flexibility index (Phi) is 3.07. The molecule has 2 rings (SSSR count). The number of pyridine rings is 1. The van der Waals surface area contributed by atoms with Gasteiger partial charge in [-0.15, -0.1) is 0 Å². The van der Waals surface area contributed by atoms with Crippen molar-refractivity contribution in [2.45, 2.75) is 18.9 Å². The van der Waals surface area contributed by atoms with Gasteiger partial charge >= 0.3 is 0 Å². The number of halogens is 1. The van der Waals surface area contributed by atoms with Crippen molar-refractivity contribution in [1.29, 1.82) is 0 Å². The van der Waals surface area contributed by atoms with Gasteiger partial charge in [0.15, 0.2) is 5.75 Å². The minimum absolute atomic E-state index is 0.181. The van der Waals surface area contributed by atoms with E-state index >= 15 is 0 Å². The number of sulfonamides is 1. The van der Waals surface area contributed by atoms with Crippen LogP contribution >= 0.6 is 15.9 Å². The summed E-state index contributed by atoms with van der Waals surface area (Å²) >= 11 is 3.24. The van der Waals surface area contributed by atoms with Crippen molar-refractivity contribution in [2.24, 2.45) is 0 Å². The van der Waals surface area contributed by atoms with E-state index in [0.717, 1.165) is 19.1 Å². The summed E-state index contributed by atoms with van der Waals surface area (Å²) in [6.07, 6.45) is 4.79. The van der Waals surface area contributed by atoms with E-state index in [1.165, 1.54) is 6.20 Å². The first-order valence-electron chi connectivity index (χ1n) is 4.74. The van der Waals surface area contributed by atoms with E-state index in [-0.39, 0.29) is 6.10 Å². The quantitative estimate of drug-likeness (QED) is 0.861. The first-order valence-corrected chi connectivity index (χ1v) is 7.43. The molecular weight excluding hydrogens is 296 g/mol. The monoisotopic (exact) mass is 306 g/mol. The SMILES string of the molecule is CS(=O)(=O)Nc1ccnc(Br)c1OC1CC1. The molecule has 1 aromatic heterocycles. The van der Waals surface area contributed by atoms with Gasteiger partial charge in [-0.3, -0.25) is 4.72 Å². The van der Waals surface area contributed by atoms with Gasteiger partial charge in [-0.2, -0.15) is 0 Å². The maximum Gasteiger partial charge on any atom is 0.229 e. The molecule has 0 saturated heterocycles. The predicted octanol–water partition coefficient (Wildman–Crippen LogP) is 1.76. The molecule has 88 valence electrons. The predicted molar refractivity (Wildman–Crippen MR) is 64.1 cm³/mol. The van der Waals surface area contributed by atoms with Crippen molar-refractivity contribution in [3.63, 3.8) is 0 Å². The van der Waals surface area contributed by atoms with E-state index in [9.17, 15) is 8.42 Å². The molecule has 1 fully saturated rings. The third kappa shape index (κ3) is 3.08. The van der Waals surface area contributed by atoms with Crippen LogP contribution in [0.25, 0.3) is 0 Å². The molecule has 1 aromatic rings. The van der Waals surface area contributed by atoms with Crippen LogP contribution < -0.4 is 9.46 Å². The van der Waals surface area contributed by atoms with Crippen LogP contribution in [0.2, 0.25) is 0 Å². The lowest BCUT2D eigenvalue weighted by Gasteiger charge is -2.12. The Balaban J connectivity index is 2.31. The molecule has 1 heterocycles. The average molecular weight is 307 g/mol. The van der Waals surface area contributed by atoms with Gasteiger partial charge in [-0.05, 0) is 34.8 Å². The van der Waals surface area contributed by atoms with E-state index in [1.807, 2.05) is 0 Å². The van der Waals surface area contributed by atoms with Crippen LogP contribution in [-0.2, 0) is 10.0 Å². The highest BCUT2D eigenvalue weighted by Crippen LogP contribution is 2.36. The van der Waals surface area contributed by atoms with Crippen molar-refractivity contribution in [2.75, 3.05) is 11.0 Å². The summed E-state index contributed by atoms with van der Waals surface area (Å²) in [5.41, 5.74) is 0.413. The summed E-state index contributed by atoms with van der Waals surface area (Å²) in [6.45, 7) is 0. The zero-order valence-corrected chi connectivity index (χ0v) is 11.0. The van der Waals surface area contributed by atoms with E-state index in [1.54, 1.807) is 6.07 Å². The first kappa shape index (κ1) is 11.7. The minimum Gasteiger partial charge on any atom is -0.485 e. The number of aromatic nitrogens is 1. The Morgan fingerprint density at radius 2 is 2.25 bits per heavy atom. The normalized spacial score (nSPS) is 15.9. The maximum atomic E-state index is 11.2. The molecule has 5 nitrogen and oxygen atoms in total. The second kappa shape index (κ2) is 4.21. The highest BCUT2D eigenvalue weighted by molar-refractivity contribution is 9.10. The molecule has 0 spiro atoms. The van der Waals surface area contributed by atoms with Crippen LogP contribution in [0.5, 0.6) is 5.75 Å². The molecule has 1 saturated carbocycles. The number of hydrogen-bond acceptors (Lipinski definition) is 4. The fraction of sp³-hybridized carbons (Fsp3) is 0.444. The molecule has 1 aliphatic rings. The van der Waals surface area contributed by atoms with Gasteiger partial charge in [0.2, 0.25) is 10.0 Å². The zero-order valence-electron chi connectivity index (χ0n) is 8.60. The van der Waals surface area contributed by atoms with Gasteiger partial charge in [0, 0.05) is 6.20 Å². The summed E-state index contributed by atoms with van der Waals surface area (Å²) in [6, 6.07) is 1.57. The Morgan fingerprint density at radius 1 is 1.56 bits per heavy atom. The molecule has 16 heavy (non-hydrogen) atoms. The van der Waals surface area contributed by atoms with E-state index in [0.29, 0.717) is 16.0 Å².